The largest absolute Gasteiger partial charge is 0.755 e. The molecule has 2 rings (SSSR count). The molecule has 0 aliphatic heterocycles. The van der Waals surface area contributed by atoms with Crippen molar-refractivity contribution >= 4 is 56.9 Å². The molecule has 1 aromatic carbocycles. The number of carboxylic acid groups (broad SMARTS) is 1. The highest BCUT2D eigenvalue weighted by atomic mass is 32.2. The fourth-order valence-electron chi connectivity index (χ4n) is 1.79. The number of halogens is 1. The molecule has 1 unspecified atom stereocenters. The second kappa shape index (κ2) is 7.85. The first-order valence-corrected chi connectivity index (χ1v) is 8.38. The van der Waals surface area contributed by atoms with E-state index >= 15 is 0 Å². The third-order valence-electron chi connectivity index (χ3n) is 2.74. The molecule has 26 heavy (non-hydrogen) atoms. The van der Waals surface area contributed by atoms with Crippen LogP contribution in [0.25, 0.3) is 0 Å². The number of guanidine groups is 1. The van der Waals surface area contributed by atoms with E-state index in [1.54, 1.807) is 0 Å². The highest BCUT2D eigenvalue weighted by molar-refractivity contribution is 7.81. The Labute approximate surface area is 151 Å². The summed E-state index contributed by atoms with van der Waals surface area (Å²) in [5.41, 5.74) is 10.1. The number of aliphatic imine (C=N–C) groups is 1. The number of hydrogen-bond acceptors (Lipinski definition) is 6. The number of amides is 2. The van der Waals surface area contributed by atoms with E-state index in [-0.39, 0.29) is 16.4 Å². The van der Waals surface area contributed by atoms with Gasteiger partial charge in [0.2, 0.25) is 0 Å². The van der Waals surface area contributed by atoms with Crippen molar-refractivity contribution < 1.29 is 27.8 Å². The molecule has 1 atom stereocenters. The number of urea groups is 1. The molecule has 11 nitrogen and oxygen atoms in total. The third kappa shape index (κ3) is 4.29. The first kappa shape index (κ1) is 19.2. The zero-order valence-electron chi connectivity index (χ0n) is 12.6. The van der Waals surface area contributed by atoms with Crippen LogP contribution in [0.4, 0.5) is 25.6 Å². The molecule has 6 N–H and O–H groups in total. The van der Waals surface area contributed by atoms with E-state index in [0.717, 1.165) is 35.0 Å². The van der Waals surface area contributed by atoms with Gasteiger partial charge in [-0.2, -0.15) is 4.99 Å². The lowest BCUT2D eigenvalue weighted by Crippen LogP contribution is -2.25. The maximum absolute atomic E-state index is 14.2. The number of anilines is 3. The molecule has 0 saturated heterocycles. The number of rotatable bonds is 5. The molecule has 2 aromatic rings. The van der Waals surface area contributed by atoms with Gasteiger partial charge < -0.3 is 26.4 Å². The van der Waals surface area contributed by atoms with Crippen LogP contribution in [0.3, 0.4) is 0 Å². The molecule has 138 valence electrons. The number of hydrogen-bond donors (Lipinski definition) is 4. The highest BCUT2D eigenvalue weighted by Crippen LogP contribution is 2.34. The van der Waals surface area contributed by atoms with Crippen LogP contribution in [0.2, 0.25) is 0 Å². The van der Waals surface area contributed by atoms with Gasteiger partial charge in [-0.05, 0) is 12.1 Å². The number of carbonyl (C=O) groups excluding carboxylic acids is 1. The summed E-state index contributed by atoms with van der Waals surface area (Å²) in [7, 11) is 0. The zero-order chi connectivity index (χ0) is 19.4. The number of nitrogens with one attached hydrogen (secondary N) is 1. The van der Waals surface area contributed by atoms with Crippen LogP contribution in [0.15, 0.2) is 28.7 Å². The molecular formula is C12H10FN6O5S2-. The first-order valence-electron chi connectivity index (χ1n) is 6.47. The number of aromatic nitrogens is 1. The van der Waals surface area contributed by atoms with Crippen LogP contribution in [0.5, 0.6) is 0 Å². The van der Waals surface area contributed by atoms with Gasteiger partial charge in [-0.1, -0.05) is 0 Å². The first-order chi connectivity index (χ1) is 12.2. The predicted octanol–water partition coefficient (Wildman–Crippen LogP) is 0.718. The van der Waals surface area contributed by atoms with Crippen LogP contribution in [-0.2, 0) is 11.3 Å². The Bertz CT molecular complexity index is 913. The Kier molecular flexibility index (Phi) is 5.81. The van der Waals surface area contributed by atoms with Crippen LogP contribution in [0.1, 0.15) is 10.5 Å². The Morgan fingerprint density at radius 1 is 1.42 bits per heavy atom. The Morgan fingerprint density at radius 3 is 2.65 bits per heavy atom. The van der Waals surface area contributed by atoms with Gasteiger partial charge in [0.25, 0.3) is 0 Å². The maximum atomic E-state index is 14.2. The minimum atomic E-state index is -2.96. The van der Waals surface area contributed by atoms with E-state index < -0.39 is 40.7 Å². The van der Waals surface area contributed by atoms with Crippen molar-refractivity contribution in [1.29, 1.82) is 0 Å². The second-order valence-corrected chi connectivity index (χ2v) is 6.09. The molecule has 0 radical (unpaired) electrons. The molecule has 0 fully saturated rings. The molecule has 0 spiro atoms. The van der Waals surface area contributed by atoms with Crippen LogP contribution in [-0.4, -0.2) is 36.8 Å². The van der Waals surface area contributed by atoms with Gasteiger partial charge in [0.15, 0.2) is 11.7 Å². The van der Waals surface area contributed by atoms with E-state index in [1.165, 1.54) is 0 Å². The van der Waals surface area contributed by atoms with Crippen molar-refractivity contribution in [2.45, 2.75) is 0 Å². The van der Waals surface area contributed by atoms with Crippen molar-refractivity contribution in [3.05, 3.63) is 35.2 Å². The van der Waals surface area contributed by atoms with E-state index in [4.69, 9.17) is 16.6 Å². The topological polar surface area (TPSA) is 187 Å². The van der Waals surface area contributed by atoms with Crippen molar-refractivity contribution in [2.75, 3.05) is 9.62 Å². The van der Waals surface area contributed by atoms with E-state index in [9.17, 15) is 22.7 Å². The number of nitrogens with two attached hydrogens (primary N) is 2. The van der Waals surface area contributed by atoms with Crippen molar-refractivity contribution in [3.63, 3.8) is 0 Å². The lowest BCUT2D eigenvalue weighted by atomic mass is 10.2. The summed E-state index contributed by atoms with van der Waals surface area (Å²) in [6.45, 7) is 0. The Hall–Kier alpha value is -3.10. The van der Waals surface area contributed by atoms with Crippen molar-refractivity contribution in [2.24, 2.45) is 16.5 Å². The summed E-state index contributed by atoms with van der Waals surface area (Å²) in [6.07, 6.45) is 0. The summed E-state index contributed by atoms with van der Waals surface area (Å²) in [4.78, 5) is 29.2. The van der Waals surface area contributed by atoms with Gasteiger partial charge in [0, 0.05) is 6.07 Å². The summed E-state index contributed by atoms with van der Waals surface area (Å²) in [5.74, 6) is -2.98. The average molecular weight is 401 g/mol. The van der Waals surface area contributed by atoms with Crippen LogP contribution >= 0.6 is 11.3 Å². The molecule has 2 amide bonds. The quantitative estimate of drug-likeness (QED) is 0.320. The third-order valence-corrected chi connectivity index (χ3v) is 4.36. The molecule has 1 aromatic heterocycles. The van der Waals surface area contributed by atoms with Crippen LogP contribution < -0.4 is 21.1 Å². The highest BCUT2D eigenvalue weighted by Gasteiger charge is 2.22. The second-order valence-electron chi connectivity index (χ2n) is 4.45. The molecule has 0 saturated carbocycles. The number of carbonyl (C=O) groups is 2. The van der Waals surface area contributed by atoms with E-state index in [0.29, 0.717) is 4.31 Å². The summed E-state index contributed by atoms with van der Waals surface area (Å²) >= 11 is -2.22. The van der Waals surface area contributed by atoms with Gasteiger partial charge in [-0.3, -0.25) is 8.51 Å². The van der Waals surface area contributed by atoms with Gasteiger partial charge in [0.05, 0.1) is 28.2 Å². The Balaban J connectivity index is 2.40. The van der Waals surface area contributed by atoms with E-state index in [1.807, 2.05) is 0 Å². The number of thiazole rings is 1. The fourth-order valence-corrected chi connectivity index (χ4v) is 3.32. The molecular weight excluding hydrogens is 391 g/mol. The van der Waals surface area contributed by atoms with Gasteiger partial charge in [-0.25, -0.2) is 19.0 Å². The standard InChI is InChI=1S/C12H11FN6O5S2/c13-6-3-5(1-2-7(6)17-12(22)18-11(14)15)19(26(23)24)9-8(10(20)21)16-4-25-9/h1-4H,(H,20,21)(H,23,24)(H5,14,15,17,18,22)/p-1. The molecule has 0 aliphatic rings. The van der Waals surface area contributed by atoms with Crippen LogP contribution in [0, 0.1) is 5.82 Å². The Morgan fingerprint density at radius 2 is 2.12 bits per heavy atom. The molecule has 14 heteroatoms. The van der Waals surface area contributed by atoms with Crippen molar-refractivity contribution in [1.82, 2.24) is 4.98 Å². The van der Waals surface area contributed by atoms with Gasteiger partial charge >= 0.3 is 12.0 Å². The lowest BCUT2D eigenvalue weighted by Gasteiger charge is -2.25. The van der Waals surface area contributed by atoms with Crippen molar-refractivity contribution in [3.8, 4) is 0 Å². The monoisotopic (exact) mass is 401 g/mol. The lowest BCUT2D eigenvalue weighted by molar-refractivity contribution is 0.0692. The smallest absolute Gasteiger partial charge is 0.357 e. The number of carboxylic acids is 1. The zero-order valence-corrected chi connectivity index (χ0v) is 14.2. The minimum absolute atomic E-state index is 0.206. The number of benzene rings is 1. The van der Waals surface area contributed by atoms with E-state index in [2.05, 4.69) is 15.3 Å². The summed E-state index contributed by atoms with van der Waals surface area (Å²) in [5, 5.41) is 10.9. The average Bonchev–Trinajstić information content (AvgIpc) is 2.98. The summed E-state index contributed by atoms with van der Waals surface area (Å²) in [6, 6.07) is 1.96. The normalized spacial score (nSPS) is 11.5. The van der Waals surface area contributed by atoms with Gasteiger partial charge in [-0.15, -0.1) is 11.3 Å². The summed E-state index contributed by atoms with van der Waals surface area (Å²) < 4.78 is 37.8. The predicted molar refractivity (Wildman–Crippen MR) is 91.4 cm³/mol. The number of nitrogens with zero attached hydrogens (tertiary/aromatic N) is 3. The SMILES string of the molecule is NC(N)=NC(=O)Nc1ccc(N(c2scnc2C(=O)O)S(=O)[O-])cc1F. The molecule has 1 heterocycles. The molecule has 0 bridgehead atoms. The number of aromatic carboxylic acids is 1. The minimum Gasteiger partial charge on any atom is -0.755 e. The fraction of sp³-hybridized carbons (Fsp3) is 0. The maximum Gasteiger partial charge on any atom is 0.357 e. The molecule has 0 aliphatic carbocycles. The van der Waals surface area contributed by atoms with Gasteiger partial charge in [0.1, 0.15) is 10.8 Å².